The van der Waals surface area contributed by atoms with Crippen molar-refractivity contribution in [3.63, 3.8) is 0 Å². The molecule has 1 spiro atoms. The number of hydrogen-bond acceptors (Lipinski definition) is 6. The van der Waals surface area contributed by atoms with Gasteiger partial charge < -0.3 is 30.1 Å². The molecule has 3 heterocycles. The second-order valence-electron chi connectivity index (χ2n) is 10.3. The van der Waals surface area contributed by atoms with E-state index in [1.54, 1.807) is 24.3 Å². The van der Waals surface area contributed by atoms with Gasteiger partial charge in [0.25, 0.3) is 0 Å². The number of alkyl halides is 1. The first-order chi connectivity index (χ1) is 18.8. The molecule has 2 aromatic carbocycles. The van der Waals surface area contributed by atoms with E-state index in [1.165, 1.54) is 4.90 Å². The van der Waals surface area contributed by atoms with Crippen LogP contribution in [0.3, 0.4) is 0 Å². The van der Waals surface area contributed by atoms with Crippen LogP contribution in [0.4, 0.5) is 5.69 Å². The summed E-state index contributed by atoms with van der Waals surface area (Å²) in [5.41, 5.74) is 0.320. The van der Waals surface area contributed by atoms with E-state index in [1.807, 2.05) is 44.2 Å². The molecule has 3 saturated heterocycles. The Balaban J connectivity index is 1.44. The third kappa shape index (κ3) is 4.83. The molecule has 0 aromatic heterocycles. The number of nitrogens with zero attached hydrogens (tertiary/aromatic N) is 1. The molecule has 3 fully saturated rings. The number of fused-ring (bicyclic) bond motifs is 1. The molecule has 0 aliphatic carbocycles. The molecular formula is C29H34BrN3O6. The fourth-order valence-electron chi connectivity index (χ4n) is 6.38. The normalized spacial score (nSPS) is 29.7. The second-order valence-corrected chi connectivity index (χ2v) is 11.5. The van der Waals surface area contributed by atoms with E-state index >= 15 is 0 Å². The summed E-state index contributed by atoms with van der Waals surface area (Å²) in [5.74, 6) is -1.96. The highest BCUT2D eigenvalue weighted by Gasteiger charge is 2.76. The predicted molar refractivity (Wildman–Crippen MR) is 148 cm³/mol. The van der Waals surface area contributed by atoms with Gasteiger partial charge in [0.2, 0.25) is 17.7 Å². The molecule has 10 heteroatoms. The highest BCUT2D eigenvalue weighted by molar-refractivity contribution is 9.09. The first kappa shape index (κ1) is 27.6. The summed E-state index contributed by atoms with van der Waals surface area (Å²) in [5, 5.41) is 16.1. The lowest BCUT2D eigenvalue weighted by atomic mass is 9.70. The molecule has 2 aromatic rings. The third-order valence-electron chi connectivity index (χ3n) is 8.10. The number of likely N-dealkylation sites (tertiary alicyclic amines) is 1. The Morgan fingerprint density at radius 3 is 2.51 bits per heavy atom. The van der Waals surface area contributed by atoms with Crippen LogP contribution in [0.5, 0.6) is 5.75 Å². The molecule has 208 valence electrons. The number of aliphatic hydroxyl groups excluding tert-OH is 1. The fraction of sp³-hybridized carbons (Fsp3) is 0.483. The Morgan fingerprint density at radius 1 is 1.15 bits per heavy atom. The van der Waals surface area contributed by atoms with Gasteiger partial charge in [-0.3, -0.25) is 14.4 Å². The molecule has 3 N–H and O–H groups in total. The first-order valence-electron chi connectivity index (χ1n) is 13.4. The van der Waals surface area contributed by atoms with Crippen LogP contribution in [-0.2, 0) is 25.7 Å². The van der Waals surface area contributed by atoms with Crippen molar-refractivity contribution in [2.45, 2.75) is 61.8 Å². The number of benzene rings is 2. The van der Waals surface area contributed by atoms with E-state index in [0.29, 0.717) is 30.9 Å². The van der Waals surface area contributed by atoms with E-state index in [2.05, 4.69) is 26.6 Å². The quantitative estimate of drug-likeness (QED) is 0.362. The monoisotopic (exact) mass is 599 g/mol. The van der Waals surface area contributed by atoms with Gasteiger partial charge in [-0.2, -0.15) is 0 Å². The summed E-state index contributed by atoms with van der Waals surface area (Å²) in [6.45, 7) is 4.29. The number of anilines is 1. The van der Waals surface area contributed by atoms with Crippen LogP contribution < -0.4 is 15.4 Å². The van der Waals surface area contributed by atoms with Gasteiger partial charge in [0.15, 0.2) is 0 Å². The van der Waals surface area contributed by atoms with Crippen LogP contribution in [0.2, 0.25) is 0 Å². The average Bonchev–Trinajstić information content (AvgIpc) is 3.53. The number of ether oxygens (including phenoxy) is 2. The van der Waals surface area contributed by atoms with E-state index in [9.17, 15) is 19.5 Å². The van der Waals surface area contributed by atoms with E-state index < -0.39 is 35.6 Å². The molecule has 39 heavy (non-hydrogen) atoms. The minimum absolute atomic E-state index is 0.212. The number of hydrogen-bond donors (Lipinski definition) is 3. The lowest BCUT2D eigenvalue weighted by Gasteiger charge is -2.36. The number of aliphatic hydroxyl groups is 1. The minimum atomic E-state index is -1.18. The van der Waals surface area contributed by atoms with Crippen molar-refractivity contribution in [1.82, 2.24) is 10.2 Å². The summed E-state index contributed by atoms with van der Waals surface area (Å²) in [7, 11) is 0. The van der Waals surface area contributed by atoms with Crippen molar-refractivity contribution in [2.75, 3.05) is 18.5 Å². The lowest BCUT2D eigenvalue weighted by Crippen LogP contribution is -2.58. The topological polar surface area (TPSA) is 117 Å². The number of carbonyl (C=O) groups is 3. The molecular weight excluding hydrogens is 566 g/mol. The van der Waals surface area contributed by atoms with Crippen LogP contribution in [0, 0.1) is 11.8 Å². The maximum Gasteiger partial charge on any atom is 0.246 e. The van der Waals surface area contributed by atoms with Gasteiger partial charge in [-0.15, -0.1) is 0 Å². The van der Waals surface area contributed by atoms with E-state index in [4.69, 9.17) is 9.47 Å². The SMILES string of the molecule is CCOc1ccc(NC(=O)[C@H]2[C@H]3C(=O)N([C@@H](CC)CO)C(C(=O)NCc4ccccc4)C34CC(Br)[C@@H]2O4)cc1. The Kier molecular flexibility index (Phi) is 7.98. The number of halogens is 1. The van der Waals surface area contributed by atoms with Crippen LogP contribution in [0.25, 0.3) is 0 Å². The smallest absolute Gasteiger partial charge is 0.246 e. The van der Waals surface area contributed by atoms with Crippen molar-refractivity contribution in [2.24, 2.45) is 11.8 Å². The van der Waals surface area contributed by atoms with Crippen molar-refractivity contribution in [3.05, 3.63) is 60.2 Å². The third-order valence-corrected chi connectivity index (χ3v) is 8.94. The zero-order chi connectivity index (χ0) is 27.7. The molecule has 3 unspecified atom stereocenters. The predicted octanol–water partition coefficient (Wildman–Crippen LogP) is 2.86. The maximum atomic E-state index is 14.1. The largest absolute Gasteiger partial charge is 0.494 e. The van der Waals surface area contributed by atoms with Crippen LogP contribution in [0.1, 0.15) is 32.3 Å². The second kappa shape index (κ2) is 11.3. The number of amides is 3. The number of carbonyl (C=O) groups excluding carboxylic acids is 3. The van der Waals surface area contributed by atoms with Crippen LogP contribution in [0.15, 0.2) is 54.6 Å². The first-order valence-corrected chi connectivity index (χ1v) is 14.4. The van der Waals surface area contributed by atoms with Crippen molar-refractivity contribution < 1.29 is 29.0 Å². The van der Waals surface area contributed by atoms with Crippen LogP contribution in [-0.4, -0.2) is 69.6 Å². The van der Waals surface area contributed by atoms with Gasteiger partial charge in [0.05, 0.1) is 37.2 Å². The molecule has 3 aliphatic rings. The fourth-order valence-corrected chi connectivity index (χ4v) is 7.32. The molecule has 3 amide bonds. The molecule has 0 radical (unpaired) electrons. The van der Waals surface area contributed by atoms with Gasteiger partial charge in [-0.1, -0.05) is 53.2 Å². The summed E-state index contributed by atoms with van der Waals surface area (Å²) < 4.78 is 12.0. The molecule has 7 atom stereocenters. The van der Waals surface area contributed by atoms with E-state index in [-0.39, 0.29) is 35.7 Å². The lowest BCUT2D eigenvalue weighted by molar-refractivity contribution is -0.145. The summed E-state index contributed by atoms with van der Waals surface area (Å²) in [4.78, 5) is 42.8. The highest BCUT2D eigenvalue weighted by Crippen LogP contribution is 2.60. The molecule has 5 rings (SSSR count). The Bertz CT molecular complexity index is 1210. The number of nitrogens with one attached hydrogen (secondary N) is 2. The van der Waals surface area contributed by atoms with Gasteiger partial charge >= 0.3 is 0 Å². The van der Waals surface area contributed by atoms with Crippen molar-refractivity contribution in [3.8, 4) is 5.75 Å². The Morgan fingerprint density at radius 2 is 1.87 bits per heavy atom. The summed E-state index contributed by atoms with van der Waals surface area (Å²) >= 11 is 3.68. The summed E-state index contributed by atoms with van der Waals surface area (Å²) in [6, 6.07) is 15.0. The van der Waals surface area contributed by atoms with Gasteiger partial charge in [-0.05, 0) is 49.6 Å². The maximum absolute atomic E-state index is 14.1. The average molecular weight is 601 g/mol. The molecule has 3 aliphatic heterocycles. The Hall–Kier alpha value is -2.95. The van der Waals surface area contributed by atoms with Crippen molar-refractivity contribution >= 4 is 39.3 Å². The highest BCUT2D eigenvalue weighted by atomic mass is 79.9. The Labute approximate surface area is 236 Å². The zero-order valence-electron chi connectivity index (χ0n) is 22.0. The van der Waals surface area contributed by atoms with Gasteiger partial charge in [-0.25, -0.2) is 0 Å². The minimum Gasteiger partial charge on any atom is -0.494 e. The molecule has 9 nitrogen and oxygen atoms in total. The molecule has 0 saturated carbocycles. The van der Waals surface area contributed by atoms with Gasteiger partial charge in [0, 0.05) is 17.1 Å². The van der Waals surface area contributed by atoms with Crippen LogP contribution >= 0.6 is 15.9 Å². The van der Waals surface area contributed by atoms with Crippen molar-refractivity contribution in [1.29, 1.82) is 0 Å². The number of rotatable bonds is 10. The molecule has 2 bridgehead atoms. The summed E-state index contributed by atoms with van der Waals surface area (Å²) in [6.07, 6.45) is 0.294. The van der Waals surface area contributed by atoms with Gasteiger partial charge in [0.1, 0.15) is 17.4 Å². The standard InChI is InChI=1S/C29H34BrN3O6/c1-3-19(16-34)33-25(27(36)31-15-17-8-6-5-7-9-17)29-14-21(30)24(39-29)22(23(29)28(33)37)26(35)32-18-10-12-20(13-11-18)38-4-2/h5-13,19,21-25,34H,3-4,14-16H2,1-2H3,(H,31,36)(H,32,35)/t19-,21?,22-,23-,24-,25?,29?/m0/s1. The zero-order valence-corrected chi connectivity index (χ0v) is 23.6. The van der Waals surface area contributed by atoms with E-state index in [0.717, 1.165) is 5.56 Å².